The molecule has 1 aromatic carbocycles. The van der Waals surface area contributed by atoms with Gasteiger partial charge in [0.15, 0.2) is 12.2 Å². The smallest absolute Gasteiger partial charge is 0.328 e. The van der Waals surface area contributed by atoms with Crippen LogP contribution in [0.2, 0.25) is 5.02 Å². The lowest BCUT2D eigenvalue weighted by atomic mass is 10.1. The Balaban J connectivity index is 1.64. The summed E-state index contributed by atoms with van der Waals surface area (Å²) >= 11 is 6.28. The number of anilines is 1. The van der Waals surface area contributed by atoms with Gasteiger partial charge in [-0.3, -0.25) is 9.69 Å². The van der Waals surface area contributed by atoms with E-state index in [9.17, 15) is 9.59 Å². The summed E-state index contributed by atoms with van der Waals surface area (Å²) < 4.78 is 0. The predicted octanol–water partition coefficient (Wildman–Crippen LogP) is 1.11. The summed E-state index contributed by atoms with van der Waals surface area (Å²) in [7, 11) is 1.66. The third-order valence-corrected chi connectivity index (χ3v) is 5.79. The van der Waals surface area contributed by atoms with Crippen LogP contribution in [0.5, 0.6) is 0 Å². The van der Waals surface area contributed by atoms with Crippen LogP contribution in [0.15, 0.2) is 23.2 Å². The number of urea groups is 1. The highest BCUT2D eigenvalue weighted by atomic mass is 35.5. The Hall–Kier alpha value is -2.32. The SMILES string of the molecule is Cc1ccc(N2CCN3C2=NC2C3C(=O)N(CCCO)C(=O)N2C)cc1Cl. The van der Waals surface area contributed by atoms with E-state index >= 15 is 0 Å². The van der Waals surface area contributed by atoms with Crippen LogP contribution < -0.4 is 4.90 Å². The maximum atomic E-state index is 13.0. The molecule has 2 fully saturated rings. The first-order chi connectivity index (χ1) is 12.9. The van der Waals surface area contributed by atoms with Gasteiger partial charge in [0.1, 0.15) is 0 Å². The minimum absolute atomic E-state index is 0.0672. The molecule has 9 heteroatoms. The van der Waals surface area contributed by atoms with Gasteiger partial charge in [-0.25, -0.2) is 9.79 Å². The molecule has 3 aliphatic rings. The zero-order chi connectivity index (χ0) is 19.3. The summed E-state index contributed by atoms with van der Waals surface area (Å²) in [4.78, 5) is 37.0. The molecule has 8 nitrogen and oxygen atoms in total. The number of hydrogen-bond acceptors (Lipinski definition) is 6. The number of carbonyl (C=O) groups excluding carboxylic acids is 2. The number of guanidine groups is 1. The Labute approximate surface area is 162 Å². The number of hydrogen-bond donors (Lipinski definition) is 1. The van der Waals surface area contributed by atoms with Crippen molar-refractivity contribution in [3.63, 3.8) is 0 Å². The standard InChI is InChI=1S/C18H22ClN5O3/c1-11-4-5-12(10-13(11)19)22-7-8-23-14-15(20-17(22)23)21(2)18(27)24(16(14)26)6-3-9-25/h4-5,10,14-15,25H,3,6-9H2,1-2H3. The highest BCUT2D eigenvalue weighted by molar-refractivity contribution is 6.31. The number of imide groups is 1. The summed E-state index contributed by atoms with van der Waals surface area (Å²) in [5.41, 5.74) is 1.92. The normalized spacial score (nSPS) is 24.5. The molecule has 3 amide bonds. The van der Waals surface area contributed by atoms with Crippen molar-refractivity contribution in [1.82, 2.24) is 14.7 Å². The summed E-state index contributed by atoms with van der Waals surface area (Å²) in [6, 6.07) is 4.95. The number of halogens is 1. The highest BCUT2D eigenvalue weighted by Gasteiger charge is 2.54. The van der Waals surface area contributed by atoms with E-state index in [1.165, 1.54) is 9.80 Å². The number of likely N-dealkylation sites (N-methyl/N-ethyl adjacent to an activating group) is 1. The Morgan fingerprint density at radius 2 is 2.07 bits per heavy atom. The first kappa shape index (κ1) is 18.1. The van der Waals surface area contributed by atoms with Gasteiger partial charge in [-0.05, 0) is 31.0 Å². The van der Waals surface area contributed by atoms with Gasteiger partial charge in [0.05, 0.1) is 0 Å². The highest BCUT2D eigenvalue weighted by Crippen LogP contribution is 2.34. The number of aliphatic hydroxyl groups is 1. The first-order valence-electron chi connectivity index (χ1n) is 9.01. The molecule has 144 valence electrons. The molecular weight excluding hydrogens is 370 g/mol. The minimum atomic E-state index is -0.533. The molecule has 1 N–H and O–H groups in total. The molecule has 0 aliphatic carbocycles. The molecule has 4 rings (SSSR count). The summed E-state index contributed by atoms with van der Waals surface area (Å²) in [6.45, 7) is 3.44. The molecule has 0 aromatic heterocycles. The zero-order valence-electron chi connectivity index (χ0n) is 15.3. The van der Waals surface area contributed by atoms with Crippen molar-refractivity contribution in [2.45, 2.75) is 25.6 Å². The maximum absolute atomic E-state index is 13.0. The van der Waals surface area contributed by atoms with Crippen molar-refractivity contribution in [3.8, 4) is 0 Å². The molecular formula is C18H22ClN5O3. The number of rotatable bonds is 4. The topological polar surface area (TPSA) is 79.7 Å². The fourth-order valence-corrected chi connectivity index (χ4v) is 4.04. The molecule has 2 unspecified atom stereocenters. The van der Waals surface area contributed by atoms with E-state index in [1.54, 1.807) is 7.05 Å². The van der Waals surface area contributed by atoms with Gasteiger partial charge in [0.25, 0.3) is 5.91 Å². The van der Waals surface area contributed by atoms with Crippen LogP contribution in [0.25, 0.3) is 0 Å². The number of carbonyl (C=O) groups is 2. The Morgan fingerprint density at radius 3 is 2.78 bits per heavy atom. The zero-order valence-corrected chi connectivity index (χ0v) is 16.1. The average molecular weight is 392 g/mol. The molecule has 0 spiro atoms. The number of fused-ring (bicyclic) bond motifs is 3. The van der Waals surface area contributed by atoms with Crippen LogP contribution in [0.3, 0.4) is 0 Å². The van der Waals surface area contributed by atoms with E-state index in [0.717, 1.165) is 11.3 Å². The molecule has 0 saturated carbocycles. The Bertz CT molecular complexity index is 829. The third-order valence-electron chi connectivity index (χ3n) is 5.38. The first-order valence-corrected chi connectivity index (χ1v) is 9.39. The van der Waals surface area contributed by atoms with E-state index in [2.05, 4.69) is 0 Å². The molecule has 2 saturated heterocycles. The van der Waals surface area contributed by atoms with Gasteiger partial charge in [-0.15, -0.1) is 0 Å². The molecule has 0 radical (unpaired) electrons. The van der Waals surface area contributed by atoms with Gasteiger partial charge in [-0.2, -0.15) is 0 Å². The van der Waals surface area contributed by atoms with Crippen molar-refractivity contribution >= 4 is 35.2 Å². The van der Waals surface area contributed by atoms with Gasteiger partial charge < -0.3 is 19.8 Å². The van der Waals surface area contributed by atoms with E-state index < -0.39 is 12.2 Å². The van der Waals surface area contributed by atoms with Gasteiger partial charge in [0.2, 0.25) is 5.96 Å². The van der Waals surface area contributed by atoms with Crippen LogP contribution in [0, 0.1) is 6.92 Å². The van der Waals surface area contributed by atoms with E-state index in [1.807, 2.05) is 34.9 Å². The van der Waals surface area contributed by atoms with Crippen LogP contribution in [-0.4, -0.2) is 83.2 Å². The number of aliphatic hydroxyl groups excluding tert-OH is 1. The van der Waals surface area contributed by atoms with Crippen molar-refractivity contribution < 1.29 is 14.7 Å². The monoisotopic (exact) mass is 391 g/mol. The molecule has 3 aliphatic heterocycles. The largest absolute Gasteiger partial charge is 0.396 e. The predicted molar refractivity (Wildman–Crippen MR) is 102 cm³/mol. The summed E-state index contributed by atoms with van der Waals surface area (Å²) in [6.07, 6.45) is -0.168. The van der Waals surface area contributed by atoms with Gasteiger partial charge in [-0.1, -0.05) is 17.7 Å². The van der Waals surface area contributed by atoms with Crippen LogP contribution in [-0.2, 0) is 4.79 Å². The van der Waals surface area contributed by atoms with Crippen molar-refractivity contribution in [1.29, 1.82) is 0 Å². The van der Waals surface area contributed by atoms with Gasteiger partial charge >= 0.3 is 6.03 Å². The lowest BCUT2D eigenvalue weighted by Crippen LogP contribution is -2.64. The average Bonchev–Trinajstić information content (AvgIpc) is 3.21. The third kappa shape index (κ3) is 2.74. The summed E-state index contributed by atoms with van der Waals surface area (Å²) in [5.74, 6) is 0.445. The Morgan fingerprint density at radius 1 is 1.30 bits per heavy atom. The summed E-state index contributed by atoms with van der Waals surface area (Å²) in [5, 5.41) is 9.74. The number of nitrogens with zero attached hydrogens (tertiary/aromatic N) is 5. The van der Waals surface area contributed by atoms with Crippen LogP contribution in [0.1, 0.15) is 12.0 Å². The lowest BCUT2D eigenvalue weighted by Gasteiger charge is -2.40. The number of aliphatic imine (C=N–C) groups is 1. The number of benzene rings is 1. The van der Waals surface area contributed by atoms with Crippen LogP contribution in [0.4, 0.5) is 10.5 Å². The Kier molecular flexibility index (Phi) is 4.47. The fraction of sp³-hybridized carbons (Fsp3) is 0.500. The molecule has 0 bridgehead atoms. The lowest BCUT2D eigenvalue weighted by molar-refractivity contribution is -0.137. The fourth-order valence-electron chi connectivity index (χ4n) is 3.87. The molecule has 2 atom stereocenters. The molecule has 3 heterocycles. The number of amides is 3. The number of aryl methyl sites for hydroxylation is 1. The second-order valence-corrected chi connectivity index (χ2v) is 7.43. The van der Waals surface area contributed by atoms with E-state index in [0.29, 0.717) is 30.5 Å². The quantitative estimate of drug-likeness (QED) is 0.831. The molecule has 1 aromatic rings. The van der Waals surface area contributed by atoms with Crippen molar-refractivity contribution in [2.24, 2.45) is 4.99 Å². The second kappa shape index (κ2) is 6.69. The maximum Gasteiger partial charge on any atom is 0.328 e. The molecule has 27 heavy (non-hydrogen) atoms. The van der Waals surface area contributed by atoms with Crippen molar-refractivity contribution in [2.75, 3.05) is 38.2 Å². The van der Waals surface area contributed by atoms with Crippen LogP contribution >= 0.6 is 11.6 Å². The van der Waals surface area contributed by atoms with E-state index in [-0.39, 0.29) is 25.1 Å². The van der Waals surface area contributed by atoms with Gasteiger partial charge in [0, 0.05) is 44.0 Å². The van der Waals surface area contributed by atoms with E-state index in [4.69, 9.17) is 21.7 Å². The minimum Gasteiger partial charge on any atom is -0.396 e. The second-order valence-electron chi connectivity index (χ2n) is 7.03. The van der Waals surface area contributed by atoms with Crippen molar-refractivity contribution in [3.05, 3.63) is 28.8 Å².